The molecule has 3 rings (SSSR count). The Morgan fingerprint density at radius 2 is 1.90 bits per heavy atom. The molecule has 2 aromatic rings. The zero-order chi connectivity index (χ0) is 20.3. The molecule has 0 amide bonds. The molecular formula is C23H30ClN3O2. The Morgan fingerprint density at radius 1 is 1.10 bits per heavy atom. The van der Waals surface area contributed by atoms with Crippen LogP contribution in [0, 0.1) is 0 Å². The molecule has 0 spiro atoms. The fraction of sp³-hybridized carbons (Fsp3) is 0.435. The van der Waals surface area contributed by atoms with E-state index in [1.54, 1.807) is 7.05 Å². The van der Waals surface area contributed by atoms with Crippen LogP contribution in [0.5, 0.6) is 0 Å². The molecular weight excluding hydrogens is 386 g/mol. The van der Waals surface area contributed by atoms with E-state index >= 15 is 0 Å². The fourth-order valence-corrected chi connectivity index (χ4v) is 3.54. The molecule has 0 radical (unpaired) electrons. The summed E-state index contributed by atoms with van der Waals surface area (Å²) in [5, 5.41) is 7.51. The first-order chi connectivity index (χ1) is 14.2. The topological polar surface area (TPSA) is 54.9 Å². The first-order valence-electron chi connectivity index (χ1n) is 10.2. The normalized spacial score (nSPS) is 15.3. The molecule has 0 bridgehead atoms. The first kappa shape index (κ1) is 21.6. The van der Waals surface area contributed by atoms with Gasteiger partial charge in [-0.25, -0.2) is 0 Å². The maximum absolute atomic E-state index is 6.21. The summed E-state index contributed by atoms with van der Waals surface area (Å²) in [4.78, 5) is 4.30. The summed E-state index contributed by atoms with van der Waals surface area (Å²) >= 11 is 6.21. The van der Waals surface area contributed by atoms with Crippen molar-refractivity contribution in [2.45, 2.75) is 38.5 Å². The van der Waals surface area contributed by atoms with Crippen LogP contribution in [0.1, 0.15) is 29.5 Å². The third-order valence-electron chi connectivity index (χ3n) is 4.97. The van der Waals surface area contributed by atoms with E-state index in [1.807, 2.05) is 24.3 Å². The fourth-order valence-electron chi connectivity index (χ4n) is 3.31. The number of nitrogens with one attached hydrogen (secondary N) is 2. The van der Waals surface area contributed by atoms with Crippen molar-refractivity contribution in [1.82, 2.24) is 10.6 Å². The Labute approximate surface area is 178 Å². The lowest BCUT2D eigenvalue weighted by Gasteiger charge is -2.22. The molecule has 6 heteroatoms. The summed E-state index contributed by atoms with van der Waals surface area (Å²) in [5.74, 6) is 0.779. The number of hydrogen-bond acceptors (Lipinski definition) is 3. The second-order valence-corrected chi connectivity index (χ2v) is 7.54. The summed E-state index contributed by atoms with van der Waals surface area (Å²) in [6.07, 6.45) is 3.13. The van der Waals surface area contributed by atoms with E-state index in [9.17, 15) is 0 Å². The van der Waals surface area contributed by atoms with Gasteiger partial charge in [0.25, 0.3) is 0 Å². The van der Waals surface area contributed by atoms with Crippen molar-refractivity contribution in [2.75, 3.05) is 26.8 Å². The van der Waals surface area contributed by atoms with Crippen LogP contribution in [-0.2, 0) is 29.0 Å². The van der Waals surface area contributed by atoms with E-state index in [0.717, 1.165) is 55.6 Å². The van der Waals surface area contributed by atoms with E-state index in [1.165, 1.54) is 11.1 Å². The van der Waals surface area contributed by atoms with Gasteiger partial charge in [0, 0.05) is 38.4 Å². The molecule has 1 heterocycles. The van der Waals surface area contributed by atoms with E-state index in [-0.39, 0.29) is 0 Å². The Hall–Kier alpha value is -2.08. The smallest absolute Gasteiger partial charge is 0.191 e. The molecule has 29 heavy (non-hydrogen) atoms. The molecule has 156 valence electrons. The lowest BCUT2D eigenvalue weighted by atomic mass is 10.1. The summed E-state index contributed by atoms with van der Waals surface area (Å²) in [5.41, 5.74) is 3.53. The third-order valence-corrected chi connectivity index (χ3v) is 5.34. The van der Waals surface area contributed by atoms with Crippen LogP contribution >= 0.6 is 11.6 Å². The Morgan fingerprint density at radius 3 is 2.69 bits per heavy atom. The standard InChI is InChI=1S/C23H30ClN3O2/c1-25-23(26-12-9-20-7-2-3-8-22(20)24)27-16-18-5-4-6-19(15-18)17-29-21-10-13-28-14-11-21/h2-8,15,21H,9-14,16-17H2,1H3,(H2,25,26,27). The van der Waals surface area contributed by atoms with Crippen LogP contribution in [0.15, 0.2) is 53.5 Å². The van der Waals surface area contributed by atoms with Crippen molar-refractivity contribution < 1.29 is 9.47 Å². The van der Waals surface area contributed by atoms with Crippen molar-refractivity contribution in [2.24, 2.45) is 4.99 Å². The van der Waals surface area contributed by atoms with Gasteiger partial charge in [-0.2, -0.15) is 0 Å². The SMILES string of the molecule is CN=C(NCCc1ccccc1Cl)NCc1cccc(COC2CCOCC2)c1. The van der Waals surface area contributed by atoms with Crippen molar-refractivity contribution in [3.8, 4) is 0 Å². The zero-order valence-corrected chi connectivity index (χ0v) is 17.8. The summed E-state index contributed by atoms with van der Waals surface area (Å²) < 4.78 is 11.4. The van der Waals surface area contributed by atoms with E-state index < -0.39 is 0 Å². The van der Waals surface area contributed by atoms with Crippen molar-refractivity contribution in [3.63, 3.8) is 0 Å². The number of halogens is 1. The van der Waals surface area contributed by atoms with E-state index in [2.05, 4.69) is 39.9 Å². The molecule has 0 aliphatic carbocycles. The molecule has 0 unspecified atom stereocenters. The number of aliphatic imine (C=N–C) groups is 1. The average molecular weight is 416 g/mol. The molecule has 0 atom stereocenters. The minimum absolute atomic E-state index is 0.312. The van der Waals surface area contributed by atoms with Crippen LogP contribution in [0.3, 0.4) is 0 Å². The maximum atomic E-state index is 6.21. The molecule has 2 N–H and O–H groups in total. The van der Waals surface area contributed by atoms with Crippen molar-refractivity contribution in [1.29, 1.82) is 0 Å². The second kappa shape index (κ2) is 11.8. The number of benzene rings is 2. The number of hydrogen-bond donors (Lipinski definition) is 2. The van der Waals surface area contributed by atoms with Crippen LogP contribution < -0.4 is 10.6 Å². The predicted molar refractivity (Wildman–Crippen MR) is 118 cm³/mol. The van der Waals surface area contributed by atoms with Gasteiger partial charge in [0.15, 0.2) is 5.96 Å². The summed E-state index contributed by atoms with van der Waals surface area (Å²) in [7, 11) is 1.78. The van der Waals surface area contributed by atoms with E-state index in [4.69, 9.17) is 21.1 Å². The van der Waals surface area contributed by atoms with Crippen LogP contribution in [0.4, 0.5) is 0 Å². The largest absolute Gasteiger partial charge is 0.381 e. The Balaban J connectivity index is 1.42. The van der Waals surface area contributed by atoms with Gasteiger partial charge in [-0.1, -0.05) is 54.1 Å². The Kier molecular flexibility index (Phi) is 8.81. The summed E-state index contributed by atoms with van der Waals surface area (Å²) in [6, 6.07) is 16.4. The highest BCUT2D eigenvalue weighted by atomic mass is 35.5. The molecule has 1 aliphatic heterocycles. The molecule has 1 fully saturated rings. The zero-order valence-electron chi connectivity index (χ0n) is 17.0. The molecule has 2 aromatic carbocycles. The highest BCUT2D eigenvalue weighted by molar-refractivity contribution is 6.31. The maximum Gasteiger partial charge on any atom is 0.191 e. The van der Waals surface area contributed by atoms with Gasteiger partial charge < -0.3 is 20.1 Å². The van der Waals surface area contributed by atoms with Gasteiger partial charge >= 0.3 is 0 Å². The van der Waals surface area contributed by atoms with Gasteiger partial charge in [-0.05, 0) is 42.0 Å². The van der Waals surface area contributed by atoms with Crippen LogP contribution in [0.25, 0.3) is 0 Å². The number of rotatable bonds is 8. The minimum atomic E-state index is 0.312. The quantitative estimate of drug-likeness (QED) is 0.506. The van der Waals surface area contributed by atoms with E-state index in [0.29, 0.717) is 19.3 Å². The minimum Gasteiger partial charge on any atom is -0.381 e. The van der Waals surface area contributed by atoms with Crippen molar-refractivity contribution >= 4 is 17.6 Å². The highest BCUT2D eigenvalue weighted by Gasteiger charge is 2.14. The second-order valence-electron chi connectivity index (χ2n) is 7.14. The third kappa shape index (κ3) is 7.35. The number of ether oxygens (including phenoxy) is 2. The number of nitrogens with zero attached hydrogens (tertiary/aromatic N) is 1. The lowest BCUT2D eigenvalue weighted by molar-refractivity contribution is -0.0390. The Bertz CT molecular complexity index is 791. The van der Waals surface area contributed by atoms with Gasteiger partial charge in [0.2, 0.25) is 0 Å². The highest BCUT2D eigenvalue weighted by Crippen LogP contribution is 2.15. The lowest BCUT2D eigenvalue weighted by Crippen LogP contribution is -2.37. The first-order valence-corrected chi connectivity index (χ1v) is 10.6. The molecule has 0 saturated carbocycles. The monoisotopic (exact) mass is 415 g/mol. The van der Waals surface area contributed by atoms with Gasteiger partial charge in [0.05, 0.1) is 12.7 Å². The average Bonchev–Trinajstić information content (AvgIpc) is 2.77. The molecule has 5 nitrogen and oxygen atoms in total. The van der Waals surface area contributed by atoms with Gasteiger partial charge in [0.1, 0.15) is 0 Å². The summed E-state index contributed by atoms with van der Waals surface area (Å²) in [6.45, 7) is 3.72. The van der Waals surface area contributed by atoms with Gasteiger partial charge in [-0.15, -0.1) is 0 Å². The van der Waals surface area contributed by atoms with Crippen molar-refractivity contribution in [3.05, 3.63) is 70.2 Å². The predicted octanol–water partition coefficient (Wildman–Crippen LogP) is 3.94. The number of guanidine groups is 1. The van der Waals surface area contributed by atoms with Crippen LogP contribution in [-0.4, -0.2) is 38.9 Å². The van der Waals surface area contributed by atoms with Crippen LogP contribution in [0.2, 0.25) is 5.02 Å². The molecule has 0 aromatic heterocycles. The molecule has 1 aliphatic rings. The van der Waals surface area contributed by atoms with Gasteiger partial charge in [-0.3, -0.25) is 4.99 Å². The molecule has 1 saturated heterocycles.